The molecule has 0 aliphatic heterocycles. The highest BCUT2D eigenvalue weighted by Gasteiger charge is 2.02. The van der Waals surface area contributed by atoms with Gasteiger partial charge in [-0.25, -0.2) is 0 Å². The third kappa shape index (κ3) is 5.38. The molecule has 5 heteroatoms. The molecule has 23 heavy (non-hydrogen) atoms. The topological polar surface area (TPSA) is 49.0 Å². The molecule has 5 nitrogen and oxygen atoms in total. The fourth-order valence-corrected chi connectivity index (χ4v) is 2.13. The Balaban J connectivity index is 1.77. The van der Waals surface area contributed by atoms with Crippen LogP contribution in [0.25, 0.3) is 0 Å². The second-order valence-electron chi connectivity index (χ2n) is 4.93. The van der Waals surface area contributed by atoms with Crippen LogP contribution < -0.4 is 24.3 Å². The summed E-state index contributed by atoms with van der Waals surface area (Å²) < 4.78 is 21.4. The number of methoxy groups -OCH3 is 3. The molecule has 0 fully saturated rings. The van der Waals surface area contributed by atoms with Crippen molar-refractivity contribution < 1.29 is 18.9 Å². The lowest BCUT2D eigenvalue weighted by molar-refractivity contribution is 0.311. The monoisotopic (exact) mass is 317 g/mol. The molecule has 0 radical (unpaired) electrons. The first-order chi connectivity index (χ1) is 11.2. The van der Waals surface area contributed by atoms with Crippen molar-refractivity contribution in [2.75, 3.05) is 34.5 Å². The molecule has 0 unspecified atom stereocenters. The number of nitrogens with one attached hydrogen (secondary N) is 1. The van der Waals surface area contributed by atoms with Crippen LogP contribution in [0.2, 0.25) is 0 Å². The number of ether oxygens (including phenoxy) is 4. The molecule has 0 bridgehead atoms. The van der Waals surface area contributed by atoms with E-state index in [1.54, 1.807) is 21.3 Å². The van der Waals surface area contributed by atoms with Gasteiger partial charge >= 0.3 is 0 Å². The van der Waals surface area contributed by atoms with Gasteiger partial charge < -0.3 is 24.3 Å². The zero-order valence-electron chi connectivity index (χ0n) is 13.8. The van der Waals surface area contributed by atoms with E-state index in [9.17, 15) is 0 Å². The van der Waals surface area contributed by atoms with Crippen molar-refractivity contribution in [2.24, 2.45) is 0 Å². The molecule has 124 valence electrons. The minimum Gasteiger partial charge on any atom is -0.497 e. The third-order valence-corrected chi connectivity index (χ3v) is 3.33. The zero-order valence-corrected chi connectivity index (χ0v) is 13.8. The molecular weight excluding hydrogens is 294 g/mol. The Morgan fingerprint density at radius 1 is 0.783 bits per heavy atom. The van der Waals surface area contributed by atoms with Crippen LogP contribution >= 0.6 is 0 Å². The molecule has 0 aromatic heterocycles. The molecular formula is C18H23NO4. The summed E-state index contributed by atoms with van der Waals surface area (Å²) in [5.74, 6) is 3.16. The predicted octanol–water partition coefficient (Wildman–Crippen LogP) is 2.88. The van der Waals surface area contributed by atoms with Gasteiger partial charge in [0.05, 0.1) is 21.3 Å². The molecule has 0 saturated heterocycles. The van der Waals surface area contributed by atoms with Crippen molar-refractivity contribution >= 4 is 0 Å². The Labute approximate surface area is 137 Å². The third-order valence-electron chi connectivity index (χ3n) is 3.33. The van der Waals surface area contributed by atoms with Crippen LogP contribution in [-0.2, 0) is 6.54 Å². The Hall–Kier alpha value is -2.40. The lowest BCUT2D eigenvalue weighted by atomic mass is 10.2. The Kier molecular flexibility index (Phi) is 6.56. The molecule has 2 aromatic carbocycles. The van der Waals surface area contributed by atoms with E-state index in [0.29, 0.717) is 6.61 Å². The molecule has 0 saturated carbocycles. The maximum atomic E-state index is 5.68. The number of rotatable bonds is 9. The highest BCUT2D eigenvalue weighted by atomic mass is 16.5. The van der Waals surface area contributed by atoms with E-state index in [1.807, 2.05) is 42.5 Å². The van der Waals surface area contributed by atoms with Crippen molar-refractivity contribution in [3.63, 3.8) is 0 Å². The van der Waals surface area contributed by atoms with Gasteiger partial charge in [0.1, 0.15) is 29.6 Å². The number of benzene rings is 2. The summed E-state index contributed by atoms with van der Waals surface area (Å²) >= 11 is 0. The zero-order chi connectivity index (χ0) is 16.5. The minimum absolute atomic E-state index is 0.578. The van der Waals surface area contributed by atoms with E-state index in [2.05, 4.69) is 5.32 Å². The van der Waals surface area contributed by atoms with Gasteiger partial charge in [0.2, 0.25) is 0 Å². The first-order valence-corrected chi connectivity index (χ1v) is 7.44. The minimum atomic E-state index is 0.578. The largest absolute Gasteiger partial charge is 0.497 e. The van der Waals surface area contributed by atoms with Crippen molar-refractivity contribution in [3.8, 4) is 23.0 Å². The maximum absolute atomic E-state index is 5.68. The van der Waals surface area contributed by atoms with E-state index in [1.165, 1.54) is 0 Å². The van der Waals surface area contributed by atoms with Gasteiger partial charge in [0, 0.05) is 25.2 Å². The van der Waals surface area contributed by atoms with Gasteiger partial charge in [-0.05, 0) is 29.8 Å². The quantitative estimate of drug-likeness (QED) is 0.721. The van der Waals surface area contributed by atoms with Gasteiger partial charge in [-0.2, -0.15) is 0 Å². The molecule has 1 N–H and O–H groups in total. The van der Waals surface area contributed by atoms with Crippen LogP contribution in [0.15, 0.2) is 42.5 Å². The van der Waals surface area contributed by atoms with Gasteiger partial charge in [0.25, 0.3) is 0 Å². The molecule has 2 aromatic rings. The summed E-state index contributed by atoms with van der Waals surface area (Å²) in [5, 5.41) is 3.34. The van der Waals surface area contributed by atoms with Gasteiger partial charge in [-0.1, -0.05) is 6.07 Å². The van der Waals surface area contributed by atoms with Crippen molar-refractivity contribution in [1.29, 1.82) is 0 Å². The number of hydrogen-bond donors (Lipinski definition) is 1. The van der Waals surface area contributed by atoms with Gasteiger partial charge in [-0.15, -0.1) is 0 Å². The fourth-order valence-electron chi connectivity index (χ4n) is 2.13. The van der Waals surface area contributed by atoms with Gasteiger partial charge in [0.15, 0.2) is 0 Å². The summed E-state index contributed by atoms with van der Waals surface area (Å²) in [5.41, 5.74) is 1.10. The van der Waals surface area contributed by atoms with E-state index in [0.717, 1.165) is 41.7 Å². The molecule has 0 heterocycles. The molecule has 0 spiro atoms. The maximum Gasteiger partial charge on any atom is 0.123 e. The Morgan fingerprint density at radius 2 is 1.39 bits per heavy atom. The molecule has 0 aliphatic rings. The number of hydrogen-bond acceptors (Lipinski definition) is 5. The second-order valence-corrected chi connectivity index (χ2v) is 4.93. The molecule has 0 atom stereocenters. The van der Waals surface area contributed by atoms with Crippen molar-refractivity contribution in [2.45, 2.75) is 6.54 Å². The van der Waals surface area contributed by atoms with E-state index in [4.69, 9.17) is 18.9 Å². The average molecular weight is 317 g/mol. The lowest BCUT2D eigenvalue weighted by Crippen LogP contribution is -2.20. The Bertz CT molecular complexity index is 593. The summed E-state index contributed by atoms with van der Waals surface area (Å²) in [4.78, 5) is 0. The first kappa shape index (κ1) is 17.0. The van der Waals surface area contributed by atoms with Crippen LogP contribution in [0, 0.1) is 0 Å². The second kappa shape index (κ2) is 8.90. The summed E-state index contributed by atoms with van der Waals surface area (Å²) in [6.45, 7) is 2.03. The molecule has 0 aliphatic carbocycles. The van der Waals surface area contributed by atoms with E-state index >= 15 is 0 Å². The van der Waals surface area contributed by atoms with Crippen molar-refractivity contribution in [1.82, 2.24) is 5.32 Å². The normalized spacial score (nSPS) is 10.2. The fraction of sp³-hybridized carbons (Fsp3) is 0.333. The van der Waals surface area contributed by atoms with Crippen LogP contribution in [-0.4, -0.2) is 34.5 Å². The summed E-state index contributed by atoms with van der Waals surface area (Å²) in [7, 11) is 4.94. The highest BCUT2D eigenvalue weighted by molar-refractivity contribution is 5.38. The van der Waals surface area contributed by atoms with Gasteiger partial charge in [-0.3, -0.25) is 0 Å². The van der Waals surface area contributed by atoms with Crippen LogP contribution in [0.3, 0.4) is 0 Å². The van der Waals surface area contributed by atoms with Crippen LogP contribution in [0.4, 0.5) is 0 Å². The predicted molar refractivity (Wildman–Crippen MR) is 89.7 cm³/mol. The lowest BCUT2D eigenvalue weighted by Gasteiger charge is -2.10. The van der Waals surface area contributed by atoms with E-state index < -0.39 is 0 Å². The summed E-state index contributed by atoms with van der Waals surface area (Å²) in [6.07, 6.45) is 0. The standard InChI is InChI=1S/C18H23NO4/c1-20-15-5-4-6-16(11-15)23-8-7-19-13-14-9-17(21-2)12-18(10-14)22-3/h4-6,9-12,19H,7-8,13H2,1-3H3. The van der Waals surface area contributed by atoms with Crippen molar-refractivity contribution in [3.05, 3.63) is 48.0 Å². The SMILES string of the molecule is COc1cc(CNCCOc2cccc(OC)c2)cc(OC)c1. The van der Waals surface area contributed by atoms with Crippen LogP contribution in [0.1, 0.15) is 5.56 Å². The van der Waals surface area contributed by atoms with Crippen LogP contribution in [0.5, 0.6) is 23.0 Å². The molecule has 2 rings (SSSR count). The molecule has 0 amide bonds. The smallest absolute Gasteiger partial charge is 0.123 e. The van der Waals surface area contributed by atoms with E-state index in [-0.39, 0.29) is 0 Å². The first-order valence-electron chi connectivity index (χ1n) is 7.44. The highest BCUT2D eigenvalue weighted by Crippen LogP contribution is 2.22. The summed E-state index contributed by atoms with van der Waals surface area (Å²) in [6, 6.07) is 13.4. The average Bonchev–Trinajstić information content (AvgIpc) is 2.61. The Morgan fingerprint density at radius 3 is 2.04 bits per heavy atom.